The summed E-state index contributed by atoms with van der Waals surface area (Å²) in [6.45, 7) is 3.34. The lowest BCUT2D eigenvalue weighted by Crippen LogP contribution is -2.17. The Kier molecular flexibility index (Phi) is 2.40. The summed E-state index contributed by atoms with van der Waals surface area (Å²) in [7, 11) is 0. The molecule has 4 nitrogen and oxygen atoms in total. The molecule has 1 aromatic heterocycles. The Hall–Kier alpha value is -1.16. The van der Waals surface area contributed by atoms with Crippen molar-refractivity contribution in [3.63, 3.8) is 0 Å². The van der Waals surface area contributed by atoms with E-state index >= 15 is 0 Å². The molecule has 1 saturated heterocycles. The Balaban J connectivity index is 2.00. The van der Waals surface area contributed by atoms with Gasteiger partial charge < -0.3 is 9.47 Å². The lowest BCUT2D eigenvalue weighted by Gasteiger charge is -2.09. The molecule has 1 aliphatic rings. The van der Waals surface area contributed by atoms with Gasteiger partial charge in [-0.25, -0.2) is 9.97 Å². The summed E-state index contributed by atoms with van der Waals surface area (Å²) in [5.41, 5.74) is 0.920. The number of ether oxygens (including phenoxy) is 2. The molecule has 0 aromatic carbocycles. The highest BCUT2D eigenvalue weighted by Crippen LogP contribution is 2.11. The van der Waals surface area contributed by atoms with Gasteiger partial charge in [0.25, 0.3) is 0 Å². The van der Waals surface area contributed by atoms with Crippen molar-refractivity contribution in [2.45, 2.75) is 19.4 Å². The maximum absolute atomic E-state index is 5.51. The fourth-order valence-electron chi connectivity index (χ4n) is 1.24. The summed E-state index contributed by atoms with van der Waals surface area (Å²) in [5.74, 6) is 0. The van der Waals surface area contributed by atoms with Crippen LogP contribution in [0.3, 0.4) is 0 Å². The Morgan fingerprint density at radius 3 is 3.23 bits per heavy atom. The van der Waals surface area contributed by atoms with E-state index in [1.165, 1.54) is 0 Å². The second-order valence-electron chi connectivity index (χ2n) is 3.08. The first-order chi connectivity index (χ1) is 6.34. The summed E-state index contributed by atoms with van der Waals surface area (Å²) in [5, 5.41) is 0. The van der Waals surface area contributed by atoms with Crippen LogP contribution in [0.4, 0.5) is 0 Å². The molecule has 2 rings (SSSR count). The Labute approximate surface area is 76.9 Å². The molecule has 0 radical (unpaired) electrons. The molecule has 2 heterocycles. The van der Waals surface area contributed by atoms with Crippen molar-refractivity contribution in [1.29, 1.82) is 0 Å². The van der Waals surface area contributed by atoms with Crippen molar-refractivity contribution in [2.24, 2.45) is 0 Å². The van der Waals surface area contributed by atoms with Crippen LogP contribution in [0.15, 0.2) is 12.3 Å². The third-order valence-corrected chi connectivity index (χ3v) is 1.93. The Morgan fingerprint density at radius 2 is 2.54 bits per heavy atom. The van der Waals surface area contributed by atoms with E-state index in [0.717, 1.165) is 18.7 Å². The van der Waals surface area contributed by atoms with Gasteiger partial charge in [-0.2, -0.15) is 0 Å². The summed E-state index contributed by atoms with van der Waals surface area (Å²) in [6.07, 6.45) is 2.76. The van der Waals surface area contributed by atoms with Crippen molar-refractivity contribution in [1.82, 2.24) is 9.97 Å². The molecular formula is C9H12N2O2. The minimum Gasteiger partial charge on any atom is -0.458 e. The Morgan fingerprint density at radius 1 is 1.62 bits per heavy atom. The highest BCUT2D eigenvalue weighted by Gasteiger charge is 2.17. The lowest BCUT2D eigenvalue weighted by molar-refractivity contribution is 0.134. The van der Waals surface area contributed by atoms with Crippen LogP contribution >= 0.6 is 0 Å². The van der Waals surface area contributed by atoms with Crippen LogP contribution in [-0.4, -0.2) is 29.3 Å². The molecule has 0 saturated carbocycles. The number of rotatable bonds is 2. The molecule has 0 bridgehead atoms. The number of aryl methyl sites for hydroxylation is 1. The zero-order chi connectivity index (χ0) is 9.10. The van der Waals surface area contributed by atoms with Gasteiger partial charge in [0.15, 0.2) is 0 Å². The van der Waals surface area contributed by atoms with E-state index in [4.69, 9.17) is 9.47 Å². The van der Waals surface area contributed by atoms with Crippen molar-refractivity contribution >= 4 is 0 Å². The zero-order valence-electron chi connectivity index (χ0n) is 7.56. The minimum atomic E-state index is 0.127. The van der Waals surface area contributed by atoms with Crippen LogP contribution in [0.25, 0.3) is 0 Å². The van der Waals surface area contributed by atoms with Crippen molar-refractivity contribution < 1.29 is 9.47 Å². The van der Waals surface area contributed by atoms with Crippen molar-refractivity contribution in [3.8, 4) is 6.01 Å². The van der Waals surface area contributed by atoms with Gasteiger partial charge in [-0.05, 0) is 13.0 Å². The van der Waals surface area contributed by atoms with Gasteiger partial charge in [0.05, 0.1) is 13.2 Å². The van der Waals surface area contributed by atoms with Gasteiger partial charge in [-0.15, -0.1) is 0 Å². The maximum Gasteiger partial charge on any atom is 0.316 e. The van der Waals surface area contributed by atoms with Crippen LogP contribution in [0, 0.1) is 6.92 Å². The topological polar surface area (TPSA) is 44.2 Å². The number of hydrogen-bond acceptors (Lipinski definition) is 4. The van der Waals surface area contributed by atoms with E-state index in [-0.39, 0.29) is 6.10 Å². The second kappa shape index (κ2) is 3.70. The Bertz CT molecular complexity index is 285. The molecule has 13 heavy (non-hydrogen) atoms. The number of nitrogens with zero attached hydrogens (tertiary/aromatic N) is 2. The molecule has 1 unspecified atom stereocenters. The van der Waals surface area contributed by atoms with Crippen LogP contribution in [-0.2, 0) is 4.74 Å². The minimum absolute atomic E-state index is 0.127. The summed E-state index contributed by atoms with van der Waals surface area (Å²) in [4.78, 5) is 8.16. The maximum atomic E-state index is 5.51. The van der Waals surface area contributed by atoms with Gasteiger partial charge in [0, 0.05) is 18.3 Å². The van der Waals surface area contributed by atoms with E-state index in [0.29, 0.717) is 12.6 Å². The molecule has 4 heteroatoms. The van der Waals surface area contributed by atoms with Crippen molar-refractivity contribution in [2.75, 3.05) is 13.2 Å². The van der Waals surface area contributed by atoms with Gasteiger partial charge in [0.1, 0.15) is 6.10 Å². The zero-order valence-corrected chi connectivity index (χ0v) is 7.56. The van der Waals surface area contributed by atoms with E-state index in [1.54, 1.807) is 6.20 Å². The van der Waals surface area contributed by atoms with E-state index in [9.17, 15) is 0 Å². The van der Waals surface area contributed by atoms with Gasteiger partial charge in [0.2, 0.25) is 0 Å². The van der Waals surface area contributed by atoms with E-state index in [1.807, 2.05) is 13.0 Å². The van der Waals surface area contributed by atoms with Crippen LogP contribution < -0.4 is 4.74 Å². The first-order valence-corrected chi connectivity index (χ1v) is 4.38. The summed E-state index contributed by atoms with van der Waals surface area (Å²) in [6, 6.07) is 2.30. The first kappa shape index (κ1) is 8.44. The first-order valence-electron chi connectivity index (χ1n) is 4.38. The lowest BCUT2D eigenvalue weighted by atomic mass is 10.3. The predicted molar refractivity (Wildman–Crippen MR) is 46.6 cm³/mol. The molecule has 1 aromatic rings. The average Bonchev–Trinajstić information content (AvgIpc) is 2.57. The molecule has 0 amide bonds. The average molecular weight is 180 g/mol. The van der Waals surface area contributed by atoms with Gasteiger partial charge in [-0.1, -0.05) is 0 Å². The molecular weight excluding hydrogens is 168 g/mol. The third-order valence-electron chi connectivity index (χ3n) is 1.93. The predicted octanol–water partition coefficient (Wildman–Crippen LogP) is 0.953. The molecule has 0 N–H and O–H groups in total. The molecule has 1 atom stereocenters. The largest absolute Gasteiger partial charge is 0.458 e. The molecule has 1 fully saturated rings. The SMILES string of the molecule is Cc1ccnc(OC2CCOC2)n1. The second-order valence-corrected chi connectivity index (χ2v) is 3.08. The van der Waals surface area contributed by atoms with E-state index < -0.39 is 0 Å². The van der Waals surface area contributed by atoms with Crippen LogP contribution in [0.5, 0.6) is 6.01 Å². The smallest absolute Gasteiger partial charge is 0.316 e. The summed E-state index contributed by atoms with van der Waals surface area (Å²) >= 11 is 0. The van der Waals surface area contributed by atoms with Gasteiger partial charge in [-0.3, -0.25) is 0 Å². The van der Waals surface area contributed by atoms with Crippen molar-refractivity contribution in [3.05, 3.63) is 18.0 Å². The highest BCUT2D eigenvalue weighted by atomic mass is 16.6. The molecule has 0 aliphatic carbocycles. The highest BCUT2D eigenvalue weighted by molar-refractivity contribution is 5.03. The van der Waals surface area contributed by atoms with Gasteiger partial charge >= 0.3 is 6.01 Å². The normalized spacial score (nSPS) is 21.8. The summed E-state index contributed by atoms with van der Waals surface area (Å²) < 4.78 is 10.7. The molecule has 70 valence electrons. The quantitative estimate of drug-likeness (QED) is 0.679. The van der Waals surface area contributed by atoms with Crippen LogP contribution in [0.1, 0.15) is 12.1 Å². The van der Waals surface area contributed by atoms with Crippen LogP contribution in [0.2, 0.25) is 0 Å². The standard InChI is InChI=1S/C9H12N2O2/c1-7-2-4-10-9(11-7)13-8-3-5-12-6-8/h2,4,8H,3,5-6H2,1H3. The number of aromatic nitrogens is 2. The molecule has 1 aliphatic heterocycles. The molecule has 0 spiro atoms. The fraction of sp³-hybridized carbons (Fsp3) is 0.556. The monoisotopic (exact) mass is 180 g/mol. The third kappa shape index (κ3) is 2.15. The fourth-order valence-corrected chi connectivity index (χ4v) is 1.24. The van der Waals surface area contributed by atoms with E-state index in [2.05, 4.69) is 9.97 Å². The number of hydrogen-bond donors (Lipinski definition) is 0.